The van der Waals surface area contributed by atoms with Gasteiger partial charge in [-0.2, -0.15) is 0 Å². The van der Waals surface area contributed by atoms with Crippen LogP contribution < -0.4 is 5.32 Å². The Kier molecular flexibility index (Phi) is 5.61. The van der Waals surface area contributed by atoms with Crippen LogP contribution in [0.1, 0.15) is 41.6 Å². The zero-order valence-corrected chi connectivity index (χ0v) is 18.0. The van der Waals surface area contributed by atoms with Crippen LogP contribution in [-0.2, 0) is 6.42 Å². The average Bonchev–Trinajstić information content (AvgIpc) is 2.81. The number of benzene rings is 1. The number of carbonyl (C=O) groups is 1. The molecule has 4 atom stereocenters. The number of amides is 1. The number of piperidine rings is 3. The largest absolute Gasteiger partial charge is 0.357 e. The van der Waals surface area contributed by atoms with Crippen molar-refractivity contribution in [2.45, 2.75) is 44.2 Å². The lowest BCUT2D eigenvalue weighted by Crippen LogP contribution is -2.64. The molecular weight excluding hydrogens is 393 g/mol. The van der Waals surface area contributed by atoms with Crippen LogP contribution in [0.3, 0.4) is 0 Å². The summed E-state index contributed by atoms with van der Waals surface area (Å²) in [7, 11) is 1.76. The molecule has 3 aliphatic rings. The number of nitrogens with one attached hydrogen (secondary N) is 1. The van der Waals surface area contributed by atoms with Crippen molar-refractivity contribution < 1.29 is 9.18 Å². The fourth-order valence-electron chi connectivity index (χ4n) is 6.01. The van der Waals surface area contributed by atoms with Gasteiger partial charge in [0.15, 0.2) is 0 Å². The van der Waals surface area contributed by atoms with E-state index in [-0.39, 0.29) is 11.7 Å². The summed E-state index contributed by atoms with van der Waals surface area (Å²) in [6.45, 7) is 2.66. The van der Waals surface area contributed by atoms with Gasteiger partial charge in [0.2, 0.25) is 5.95 Å². The van der Waals surface area contributed by atoms with E-state index in [1.807, 2.05) is 11.0 Å². The van der Waals surface area contributed by atoms with Crippen molar-refractivity contribution in [3.05, 3.63) is 53.6 Å². The van der Waals surface area contributed by atoms with Gasteiger partial charge in [-0.1, -0.05) is 18.6 Å². The van der Waals surface area contributed by atoms with Gasteiger partial charge >= 0.3 is 0 Å². The van der Waals surface area contributed by atoms with Gasteiger partial charge in [0.1, 0.15) is 5.82 Å². The van der Waals surface area contributed by atoms with E-state index in [4.69, 9.17) is 0 Å². The average molecular weight is 424 g/mol. The topological polar surface area (TPSA) is 61.4 Å². The van der Waals surface area contributed by atoms with Gasteiger partial charge in [-0.05, 0) is 61.8 Å². The molecule has 0 radical (unpaired) electrons. The zero-order chi connectivity index (χ0) is 21.4. The highest BCUT2D eigenvalue weighted by atomic mass is 19.1. The third-order valence-electron chi connectivity index (χ3n) is 7.37. The summed E-state index contributed by atoms with van der Waals surface area (Å²) in [6.07, 6.45) is 8.90. The summed E-state index contributed by atoms with van der Waals surface area (Å²) >= 11 is 0. The Morgan fingerprint density at radius 1 is 1.19 bits per heavy atom. The van der Waals surface area contributed by atoms with Gasteiger partial charge in [0.25, 0.3) is 5.91 Å². The maximum Gasteiger partial charge on any atom is 0.257 e. The van der Waals surface area contributed by atoms with E-state index in [0.717, 1.165) is 38.0 Å². The smallest absolute Gasteiger partial charge is 0.257 e. The quantitative estimate of drug-likeness (QED) is 0.818. The number of carbonyl (C=O) groups excluding carboxylic acids is 1. The molecule has 1 aromatic heterocycles. The van der Waals surface area contributed by atoms with Gasteiger partial charge in [-0.3, -0.25) is 9.69 Å². The zero-order valence-electron chi connectivity index (χ0n) is 18.0. The molecule has 7 heteroatoms. The van der Waals surface area contributed by atoms with Crippen molar-refractivity contribution in [3.8, 4) is 0 Å². The van der Waals surface area contributed by atoms with Crippen LogP contribution in [0.5, 0.6) is 0 Å². The maximum absolute atomic E-state index is 13.8. The Morgan fingerprint density at radius 2 is 2.00 bits per heavy atom. The number of halogens is 1. The Hall–Kier alpha value is -2.54. The van der Waals surface area contributed by atoms with Crippen molar-refractivity contribution in [2.24, 2.45) is 11.8 Å². The minimum Gasteiger partial charge on any atom is -0.357 e. The van der Waals surface area contributed by atoms with Gasteiger partial charge < -0.3 is 10.2 Å². The number of likely N-dealkylation sites (tertiary alicyclic amines) is 1. The standard InChI is InChI=1S/C24H30FN5O/c1-26-24-27-12-19(13-28-24)23(31)29-14-17-11-18(15-29)22(30-8-3-2-7-21(17)30)10-16-5-4-6-20(25)9-16/h4-6,9,12-13,17-18,21-22H,2-3,7-8,10-11,14-15H2,1H3,(H,26,27,28)/t17-,18+,21+,22+/m1/s1. The molecule has 3 aliphatic heterocycles. The number of nitrogens with zero attached hydrogens (tertiary/aromatic N) is 4. The maximum atomic E-state index is 13.8. The van der Waals surface area contributed by atoms with E-state index in [1.165, 1.54) is 25.3 Å². The number of rotatable bonds is 4. The highest BCUT2D eigenvalue weighted by Gasteiger charge is 2.47. The van der Waals surface area contributed by atoms with Gasteiger partial charge in [-0.25, -0.2) is 14.4 Å². The van der Waals surface area contributed by atoms with E-state index in [1.54, 1.807) is 31.6 Å². The number of anilines is 1. The number of hydrogen-bond acceptors (Lipinski definition) is 5. The van der Waals surface area contributed by atoms with Gasteiger partial charge in [0, 0.05) is 44.6 Å². The van der Waals surface area contributed by atoms with Crippen molar-refractivity contribution in [2.75, 3.05) is 32.0 Å². The molecule has 1 N–H and O–H groups in total. The van der Waals surface area contributed by atoms with Crippen molar-refractivity contribution in [1.29, 1.82) is 0 Å². The number of fused-ring (bicyclic) bond motifs is 4. The SMILES string of the molecule is CNc1ncc(C(=O)N2C[C@H]3C[C@@H](C2)[C@H](Cc2cccc(F)c2)N2CCCC[C@@H]32)cn1. The van der Waals surface area contributed by atoms with Crippen LogP contribution in [0.4, 0.5) is 10.3 Å². The second-order valence-corrected chi connectivity index (χ2v) is 9.21. The molecule has 4 heterocycles. The number of hydrogen-bond donors (Lipinski definition) is 1. The van der Waals surface area contributed by atoms with Crippen LogP contribution in [0.25, 0.3) is 0 Å². The van der Waals surface area contributed by atoms with E-state index < -0.39 is 0 Å². The fourth-order valence-corrected chi connectivity index (χ4v) is 6.01. The summed E-state index contributed by atoms with van der Waals surface area (Å²) in [5, 5.41) is 2.89. The third kappa shape index (κ3) is 4.03. The van der Waals surface area contributed by atoms with Crippen LogP contribution >= 0.6 is 0 Å². The minimum atomic E-state index is -0.174. The second-order valence-electron chi connectivity index (χ2n) is 9.21. The van der Waals surface area contributed by atoms with Gasteiger partial charge in [-0.15, -0.1) is 0 Å². The van der Waals surface area contributed by atoms with Crippen LogP contribution in [0.15, 0.2) is 36.7 Å². The predicted octanol–water partition coefficient (Wildman–Crippen LogP) is 3.22. The molecule has 0 unspecified atom stereocenters. The molecule has 3 fully saturated rings. The highest BCUT2D eigenvalue weighted by Crippen LogP contribution is 2.42. The first kappa shape index (κ1) is 20.4. The van der Waals surface area contributed by atoms with E-state index >= 15 is 0 Å². The molecule has 0 aliphatic carbocycles. The summed E-state index contributed by atoms with van der Waals surface area (Å²) in [4.78, 5) is 26.4. The first-order valence-corrected chi connectivity index (χ1v) is 11.4. The molecule has 1 aromatic carbocycles. The summed E-state index contributed by atoms with van der Waals surface area (Å²) < 4.78 is 13.8. The Morgan fingerprint density at radius 3 is 2.77 bits per heavy atom. The van der Waals surface area contributed by atoms with E-state index in [0.29, 0.717) is 35.4 Å². The molecule has 0 saturated carbocycles. The Labute approximate surface area is 182 Å². The second kappa shape index (κ2) is 8.54. The first-order chi connectivity index (χ1) is 15.1. The van der Waals surface area contributed by atoms with E-state index in [9.17, 15) is 9.18 Å². The summed E-state index contributed by atoms with van der Waals surface area (Å²) in [6, 6.07) is 7.86. The monoisotopic (exact) mass is 423 g/mol. The van der Waals surface area contributed by atoms with Gasteiger partial charge in [0.05, 0.1) is 5.56 Å². The lowest BCUT2D eigenvalue weighted by atomic mass is 9.71. The Bertz CT molecular complexity index is 936. The molecule has 3 saturated heterocycles. The highest BCUT2D eigenvalue weighted by molar-refractivity contribution is 5.93. The molecule has 164 valence electrons. The number of aromatic nitrogens is 2. The minimum absolute atomic E-state index is 0.0196. The molecule has 5 rings (SSSR count). The molecule has 31 heavy (non-hydrogen) atoms. The van der Waals surface area contributed by atoms with Crippen molar-refractivity contribution >= 4 is 11.9 Å². The third-order valence-corrected chi connectivity index (χ3v) is 7.37. The van der Waals surface area contributed by atoms with Crippen molar-refractivity contribution in [1.82, 2.24) is 19.8 Å². The molecule has 0 spiro atoms. The molecule has 6 nitrogen and oxygen atoms in total. The summed E-state index contributed by atoms with van der Waals surface area (Å²) in [5.74, 6) is 1.26. The Balaban J connectivity index is 1.39. The molecule has 2 bridgehead atoms. The van der Waals surface area contributed by atoms with Crippen LogP contribution in [0.2, 0.25) is 0 Å². The normalized spacial score (nSPS) is 28.1. The fraction of sp³-hybridized carbons (Fsp3) is 0.542. The molecule has 1 amide bonds. The van der Waals surface area contributed by atoms with Crippen molar-refractivity contribution in [3.63, 3.8) is 0 Å². The molecular formula is C24H30FN5O. The van der Waals surface area contributed by atoms with E-state index in [2.05, 4.69) is 20.2 Å². The van der Waals surface area contributed by atoms with Crippen LogP contribution in [0, 0.1) is 17.7 Å². The van der Waals surface area contributed by atoms with Crippen LogP contribution in [-0.4, -0.2) is 64.4 Å². The first-order valence-electron chi connectivity index (χ1n) is 11.4. The molecule has 2 aromatic rings. The predicted molar refractivity (Wildman–Crippen MR) is 117 cm³/mol. The summed E-state index contributed by atoms with van der Waals surface area (Å²) in [5.41, 5.74) is 1.59. The lowest BCUT2D eigenvalue weighted by Gasteiger charge is -2.57. The lowest BCUT2D eigenvalue weighted by molar-refractivity contribution is -0.0642.